The maximum absolute atomic E-state index is 13.8. The molecule has 0 saturated heterocycles. The number of rotatable bonds is 8. The highest BCUT2D eigenvalue weighted by Gasteiger charge is 2.38. The highest BCUT2D eigenvalue weighted by molar-refractivity contribution is 5.98. The molecule has 0 aliphatic heterocycles. The second-order valence-electron chi connectivity index (χ2n) is 7.44. The van der Waals surface area contributed by atoms with Gasteiger partial charge in [0.25, 0.3) is 5.91 Å². The van der Waals surface area contributed by atoms with Gasteiger partial charge in [-0.05, 0) is 46.1 Å². The van der Waals surface area contributed by atoms with Crippen LogP contribution >= 0.6 is 0 Å². The number of hydrogen-bond acceptors (Lipinski definition) is 3. The summed E-state index contributed by atoms with van der Waals surface area (Å²) in [5.74, 6) is -0.732. The van der Waals surface area contributed by atoms with Crippen molar-refractivity contribution in [1.82, 2.24) is 16.0 Å². The van der Waals surface area contributed by atoms with Gasteiger partial charge in [0.15, 0.2) is 0 Å². The molecule has 0 atom stereocenters. The van der Waals surface area contributed by atoms with Gasteiger partial charge in [-0.3, -0.25) is 4.79 Å². The summed E-state index contributed by atoms with van der Waals surface area (Å²) in [6.07, 6.45) is 2.85. The Hall–Kier alpha value is -2.37. The molecular formula is C21H29F2N3O. The van der Waals surface area contributed by atoms with Gasteiger partial charge in [-0.15, -0.1) is 0 Å². The first-order chi connectivity index (χ1) is 12.7. The molecule has 1 aromatic carbocycles. The summed E-state index contributed by atoms with van der Waals surface area (Å²) in [6.45, 7) is 7.92. The molecule has 4 nitrogen and oxygen atoms in total. The third-order valence-electron chi connectivity index (χ3n) is 4.82. The Kier molecular flexibility index (Phi) is 6.63. The Balaban J connectivity index is 2.24. The molecule has 1 aromatic rings. The average molecular weight is 377 g/mol. The summed E-state index contributed by atoms with van der Waals surface area (Å²) < 4.78 is 26.9. The zero-order valence-corrected chi connectivity index (χ0v) is 16.7. The number of hydrogen-bond donors (Lipinski definition) is 3. The van der Waals surface area contributed by atoms with Crippen molar-refractivity contribution in [2.24, 2.45) is 0 Å². The van der Waals surface area contributed by atoms with Gasteiger partial charge in [0.05, 0.1) is 0 Å². The Labute approximate surface area is 160 Å². The quantitative estimate of drug-likeness (QED) is 0.476. The normalized spacial score (nSPS) is 15.5. The Morgan fingerprint density at radius 2 is 1.89 bits per heavy atom. The van der Waals surface area contributed by atoms with E-state index < -0.39 is 11.6 Å². The fraction of sp³-hybridized carbons (Fsp3) is 0.476. The Morgan fingerprint density at radius 3 is 2.37 bits per heavy atom. The number of allylic oxidation sites excluding steroid dienone is 1. The lowest BCUT2D eigenvalue weighted by molar-refractivity contribution is -0.117. The van der Waals surface area contributed by atoms with Crippen molar-refractivity contribution in [2.75, 3.05) is 7.05 Å². The number of carbonyl (C=O) groups excluding carboxylic acids is 1. The van der Waals surface area contributed by atoms with Gasteiger partial charge in [0, 0.05) is 41.9 Å². The fourth-order valence-corrected chi connectivity index (χ4v) is 2.98. The van der Waals surface area contributed by atoms with Crippen LogP contribution in [-0.4, -0.2) is 18.5 Å². The molecule has 3 N–H and O–H groups in total. The zero-order valence-electron chi connectivity index (χ0n) is 16.7. The molecule has 1 aliphatic carbocycles. The van der Waals surface area contributed by atoms with E-state index in [-0.39, 0.29) is 23.6 Å². The second-order valence-corrected chi connectivity index (χ2v) is 7.44. The second kappa shape index (κ2) is 8.55. The summed E-state index contributed by atoms with van der Waals surface area (Å²) >= 11 is 0. The SMILES string of the molecule is CC/C(C(C(=O)NCc1ccc(F)cc1F)=C(C)C)=C(\NC)NC1(C)CC1. The fourth-order valence-electron chi connectivity index (χ4n) is 2.98. The van der Waals surface area contributed by atoms with Crippen LogP contribution in [0.2, 0.25) is 0 Å². The molecule has 27 heavy (non-hydrogen) atoms. The van der Waals surface area contributed by atoms with Crippen LogP contribution in [0.15, 0.2) is 40.7 Å². The molecule has 1 amide bonds. The molecule has 2 rings (SSSR count). The number of halogens is 2. The van der Waals surface area contributed by atoms with Crippen LogP contribution in [-0.2, 0) is 11.3 Å². The summed E-state index contributed by atoms with van der Waals surface area (Å²) in [5, 5.41) is 9.45. The number of benzene rings is 1. The molecular weight excluding hydrogens is 348 g/mol. The highest BCUT2D eigenvalue weighted by atomic mass is 19.1. The van der Waals surface area contributed by atoms with Gasteiger partial charge in [-0.1, -0.05) is 18.6 Å². The minimum Gasteiger partial charge on any atom is -0.375 e. The molecule has 0 aromatic heterocycles. The van der Waals surface area contributed by atoms with E-state index in [2.05, 4.69) is 22.9 Å². The first-order valence-electron chi connectivity index (χ1n) is 9.29. The monoisotopic (exact) mass is 377 g/mol. The molecule has 6 heteroatoms. The summed E-state index contributed by atoms with van der Waals surface area (Å²) in [6, 6.07) is 3.35. The highest BCUT2D eigenvalue weighted by Crippen LogP contribution is 2.36. The largest absolute Gasteiger partial charge is 0.375 e. The Morgan fingerprint density at radius 1 is 1.22 bits per heavy atom. The minimum absolute atomic E-state index is 0.00124. The van der Waals surface area contributed by atoms with Crippen LogP contribution in [0.5, 0.6) is 0 Å². The first kappa shape index (κ1) is 20.9. The van der Waals surface area contributed by atoms with Crippen molar-refractivity contribution in [3.05, 3.63) is 57.9 Å². The van der Waals surface area contributed by atoms with E-state index in [4.69, 9.17) is 0 Å². The van der Waals surface area contributed by atoms with Crippen LogP contribution in [0.4, 0.5) is 8.78 Å². The molecule has 0 radical (unpaired) electrons. The predicted molar refractivity (Wildman–Crippen MR) is 104 cm³/mol. The van der Waals surface area contributed by atoms with E-state index in [1.165, 1.54) is 12.1 Å². The van der Waals surface area contributed by atoms with E-state index in [9.17, 15) is 13.6 Å². The molecule has 0 unspecified atom stereocenters. The van der Waals surface area contributed by atoms with Crippen molar-refractivity contribution in [3.8, 4) is 0 Å². The molecule has 1 aliphatic rings. The van der Waals surface area contributed by atoms with Crippen LogP contribution in [0, 0.1) is 11.6 Å². The third kappa shape index (κ3) is 5.31. The van der Waals surface area contributed by atoms with E-state index in [0.717, 1.165) is 35.9 Å². The lowest BCUT2D eigenvalue weighted by Crippen LogP contribution is -2.36. The molecule has 0 spiro atoms. The maximum Gasteiger partial charge on any atom is 0.251 e. The summed E-state index contributed by atoms with van der Waals surface area (Å²) in [5.41, 5.74) is 2.67. The van der Waals surface area contributed by atoms with Gasteiger partial charge in [-0.25, -0.2) is 8.78 Å². The van der Waals surface area contributed by atoms with Crippen LogP contribution in [0.25, 0.3) is 0 Å². The molecule has 0 heterocycles. The average Bonchev–Trinajstić information content (AvgIpc) is 3.33. The number of carbonyl (C=O) groups is 1. The molecule has 1 fully saturated rings. The van der Waals surface area contributed by atoms with Gasteiger partial charge >= 0.3 is 0 Å². The molecule has 148 valence electrons. The number of nitrogens with one attached hydrogen (secondary N) is 3. The summed E-state index contributed by atoms with van der Waals surface area (Å²) in [7, 11) is 1.83. The minimum atomic E-state index is -0.667. The van der Waals surface area contributed by atoms with Gasteiger partial charge in [0.2, 0.25) is 0 Å². The topological polar surface area (TPSA) is 53.2 Å². The molecule has 1 saturated carbocycles. The lowest BCUT2D eigenvalue weighted by Gasteiger charge is -2.23. The van der Waals surface area contributed by atoms with Crippen molar-refractivity contribution in [1.29, 1.82) is 0 Å². The first-order valence-corrected chi connectivity index (χ1v) is 9.29. The molecule has 0 bridgehead atoms. The predicted octanol–water partition coefficient (Wildman–Crippen LogP) is 3.90. The van der Waals surface area contributed by atoms with E-state index >= 15 is 0 Å². The van der Waals surface area contributed by atoms with Crippen molar-refractivity contribution in [2.45, 2.75) is 59.0 Å². The van der Waals surface area contributed by atoms with Crippen LogP contribution in [0.1, 0.15) is 52.5 Å². The van der Waals surface area contributed by atoms with Crippen molar-refractivity contribution in [3.63, 3.8) is 0 Å². The Bertz CT molecular complexity index is 776. The van der Waals surface area contributed by atoms with Crippen molar-refractivity contribution < 1.29 is 13.6 Å². The van der Waals surface area contributed by atoms with E-state index in [0.29, 0.717) is 12.0 Å². The van der Waals surface area contributed by atoms with Gasteiger partial charge < -0.3 is 16.0 Å². The summed E-state index contributed by atoms with van der Waals surface area (Å²) in [4.78, 5) is 12.9. The van der Waals surface area contributed by atoms with Crippen molar-refractivity contribution >= 4 is 5.91 Å². The number of amides is 1. The van der Waals surface area contributed by atoms with E-state index in [1.807, 2.05) is 27.8 Å². The smallest absolute Gasteiger partial charge is 0.251 e. The van der Waals surface area contributed by atoms with Crippen LogP contribution < -0.4 is 16.0 Å². The lowest BCUT2D eigenvalue weighted by atomic mass is 9.97. The van der Waals surface area contributed by atoms with E-state index in [1.54, 1.807) is 0 Å². The van der Waals surface area contributed by atoms with Gasteiger partial charge in [-0.2, -0.15) is 0 Å². The van der Waals surface area contributed by atoms with Gasteiger partial charge in [0.1, 0.15) is 17.5 Å². The zero-order chi connectivity index (χ0) is 20.2. The standard InChI is InChI=1S/C21H29F2N3O/c1-6-16(19(24-5)26-21(4)9-10-21)18(13(2)3)20(27)25-12-14-7-8-15(22)11-17(14)23/h7-8,11,24,26H,6,9-10,12H2,1-5H3,(H,25,27)/b19-16-. The van der Waals surface area contributed by atoms with Crippen LogP contribution in [0.3, 0.4) is 0 Å². The third-order valence-corrected chi connectivity index (χ3v) is 4.82. The maximum atomic E-state index is 13.8.